The predicted molar refractivity (Wildman–Crippen MR) is 114 cm³/mol. The van der Waals surface area contributed by atoms with Gasteiger partial charge in [-0.05, 0) is 35.4 Å². The average molecular weight is 398 g/mol. The number of hydrogen-bond acceptors (Lipinski definition) is 6. The Morgan fingerprint density at radius 3 is 2.77 bits per heavy atom. The molecule has 3 heterocycles. The molecule has 5 aromatic rings. The molecule has 0 bridgehead atoms. The van der Waals surface area contributed by atoms with Crippen molar-refractivity contribution in [2.45, 2.75) is 13.0 Å². The molecule has 0 aliphatic carbocycles. The van der Waals surface area contributed by atoms with Crippen LogP contribution in [0, 0.1) is 0 Å². The van der Waals surface area contributed by atoms with Gasteiger partial charge in [0.1, 0.15) is 17.5 Å². The molecular formula is C22H18N6O2. The van der Waals surface area contributed by atoms with Gasteiger partial charge in [0.25, 0.3) is 0 Å². The van der Waals surface area contributed by atoms with Gasteiger partial charge in [0.2, 0.25) is 5.95 Å². The van der Waals surface area contributed by atoms with Gasteiger partial charge < -0.3 is 15.5 Å². The molecule has 0 radical (unpaired) electrons. The number of carbonyl (C=O) groups excluding carboxylic acids is 1. The van der Waals surface area contributed by atoms with Gasteiger partial charge in [0.05, 0.1) is 12.3 Å². The minimum absolute atomic E-state index is 0.0329. The molecule has 148 valence electrons. The number of aromatic nitrogens is 4. The number of furan rings is 1. The summed E-state index contributed by atoms with van der Waals surface area (Å²) < 4.78 is 6.75. The number of nitrogens with two attached hydrogens (primary N) is 1. The second kappa shape index (κ2) is 7.00. The first kappa shape index (κ1) is 17.9. The van der Waals surface area contributed by atoms with Gasteiger partial charge >= 0.3 is 6.03 Å². The lowest BCUT2D eigenvalue weighted by atomic mass is 10.00. The van der Waals surface area contributed by atoms with Gasteiger partial charge in [-0.2, -0.15) is 4.98 Å². The van der Waals surface area contributed by atoms with Crippen LogP contribution >= 0.6 is 0 Å². The van der Waals surface area contributed by atoms with Crippen LogP contribution < -0.4 is 11.1 Å². The summed E-state index contributed by atoms with van der Waals surface area (Å²) >= 11 is 0. The van der Waals surface area contributed by atoms with Crippen LogP contribution in [0.25, 0.3) is 33.4 Å². The molecule has 0 spiro atoms. The fourth-order valence-corrected chi connectivity index (χ4v) is 3.61. The van der Waals surface area contributed by atoms with Crippen molar-refractivity contribution in [1.29, 1.82) is 0 Å². The van der Waals surface area contributed by atoms with Crippen LogP contribution in [-0.4, -0.2) is 25.6 Å². The molecule has 0 saturated carbocycles. The number of benzene rings is 2. The molecule has 1 unspecified atom stereocenters. The monoisotopic (exact) mass is 398 g/mol. The SMILES string of the molecule is CC(NC(=O)n1cnc2c(-c3ccco3)nc(N)nc21)c1cccc2ccccc12. The summed E-state index contributed by atoms with van der Waals surface area (Å²) in [7, 11) is 0. The average Bonchev–Trinajstić information content (AvgIpc) is 3.43. The standard InChI is InChI=1S/C22H18N6O2/c1-13(15-9-4-7-14-6-2-3-8-16(14)15)25-22(29)28-12-24-19-18(17-10-5-11-30-17)26-21(23)27-20(19)28/h2-13H,1H3,(H,25,29)(H2,23,26,27). The lowest BCUT2D eigenvalue weighted by Crippen LogP contribution is -2.30. The molecule has 2 aromatic carbocycles. The third-order valence-electron chi connectivity index (χ3n) is 5.02. The van der Waals surface area contributed by atoms with Crippen LogP contribution in [0.2, 0.25) is 0 Å². The van der Waals surface area contributed by atoms with E-state index in [1.165, 1.54) is 17.2 Å². The van der Waals surface area contributed by atoms with E-state index in [9.17, 15) is 4.79 Å². The van der Waals surface area contributed by atoms with E-state index in [2.05, 4.69) is 20.3 Å². The number of nitrogen functional groups attached to an aromatic ring is 1. The highest BCUT2D eigenvalue weighted by Gasteiger charge is 2.20. The maximum absolute atomic E-state index is 13.0. The van der Waals surface area contributed by atoms with Crippen LogP contribution in [0.4, 0.5) is 10.7 Å². The van der Waals surface area contributed by atoms with Crippen LogP contribution in [0.1, 0.15) is 18.5 Å². The third-order valence-corrected chi connectivity index (χ3v) is 5.02. The summed E-state index contributed by atoms with van der Waals surface area (Å²) in [6, 6.07) is 17.0. The van der Waals surface area contributed by atoms with E-state index in [0.29, 0.717) is 22.6 Å². The topological polar surface area (TPSA) is 112 Å². The second-order valence-electron chi connectivity index (χ2n) is 6.93. The summed E-state index contributed by atoms with van der Waals surface area (Å²) in [6.45, 7) is 1.94. The van der Waals surface area contributed by atoms with E-state index >= 15 is 0 Å². The van der Waals surface area contributed by atoms with Gasteiger partial charge in [-0.15, -0.1) is 0 Å². The van der Waals surface area contributed by atoms with E-state index in [1.807, 2.05) is 49.4 Å². The molecule has 0 saturated heterocycles. The zero-order valence-corrected chi connectivity index (χ0v) is 16.1. The van der Waals surface area contributed by atoms with Gasteiger partial charge in [0, 0.05) is 0 Å². The van der Waals surface area contributed by atoms with Crippen molar-refractivity contribution >= 4 is 33.9 Å². The maximum atomic E-state index is 13.0. The molecular weight excluding hydrogens is 380 g/mol. The van der Waals surface area contributed by atoms with Gasteiger partial charge in [-0.3, -0.25) is 0 Å². The molecule has 8 heteroatoms. The van der Waals surface area contributed by atoms with Crippen LogP contribution in [0.5, 0.6) is 0 Å². The molecule has 1 amide bonds. The Kier molecular flexibility index (Phi) is 4.17. The van der Waals surface area contributed by atoms with Gasteiger partial charge in [-0.1, -0.05) is 42.5 Å². The molecule has 3 aromatic heterocycles. The Hall–Kier alpha value is -4.20. The summed E-state index contributed by atoms with van der Waals surface area (Å²) in [4.78, 5) is 25.8. The molecule has 0 aliphatic heterocycles. The van der Waals surface area contributed by atoms with Crippen molar-refractivity contribution in [1.82, 2.24) is 24.8 Å². The number of rotatable bonds is 3. The smallest absolute Gasteiger partial charge is 0.329 e. The first-order valence-electron chi connectivity index (χ1n) is 9.45. The van der Waals surface area contributed by atoms with Crippen LogP contribution in [-0.2, 0) is 0 Å². The highest BCUT2D eigenvalue weighted by Crippen LogP contribution is 2.27. The Labute approximate surface area is 171 Å². The van der Waals surface area contributed by atoms with Crippen LogP contribution in [0.3, 0.4) is 0 Å². The zero-order chi connectivity index (χ0) is 20.7. The third kappa shape index (κ3) is 2.95. The van der Waals surface area contributed by atoms with Crippen molar-refractivity contribution in [3.63, 3.8) is 0 Å². The first-order chi connectivity index (χ1) is 14.6. The normalized spacial score (nSPS) is 12.3. The van der Waals surface area contributed by atoms with E-state index < -0.39 is 0 Å². The minimum atomic E-state index is -0.360. The molecule has 8 nitrogen and oxygen atoms in total. The van der Waals surface area contributed by atoms with Crippen molar-refractivity contribution in [2.24, 2.45) is 0 Å². The molecule has 3 N–H and O–H groups in total. The molecule has 5 rings (SSSR count). The highest BCUT2D eigenvalue weighted by atomic mass is 16.3. The van der Waals surface area contributed by atoms with Crippen molar-refractivity contribution < 1.29 is 9.21 Å². The number of fused-ring (bicyclic) bond motifs is 2. The Bertz CT molecular complexity index is 1370. The molecule has 0 aliphatic rings. The van der Waals surface area contributed by atoms with E-state index in [0.717, 1.165) is 16.3 Å². The quantitative estimate of drug-likeness (QED) is 0.472. The molecule has 30 heavy (non-hydrogen) atoms. The molecule has 1 atom stereocenters. The predicted octanol–water partition coefficient (Wildman–Crippen LogP) is 4.14. The van der Waals surface area contributed by atoms with Crippen molar-refractivity contribution in [3.05, 3.63) is 72.8 Å². The number of amides is 1. The summed E-state index contributed by atoms with van der Waals surface area (Å²) in [5, 5.41) is 5.23. The lowest BCUT2D eigenvalue weighted by molar-refractivity contribution is 0.240. The Balaban J connectivity index is 1.51. The number of carbonyl (C=O) groups is 1. The Morgan fingerprint density at radius 1 is 1.10 bits per heavy atom. The number of anilines is 1. The number of hydrogen-bond donors (Lipinski definition) is 2. The van der Waals surface area contributed by atoms with Crippen molar-refractivity contribution in [2.75, 3.05) is 5.73 Å². The van der Waals surface area contributed by atoms with Crippen molar-refractivity contribution in [3.8, 4) is 11.5 Å². The minimum Gasteiger partial charge on any atom is -0.463 e. The van der Waals surface area contributed by atoms with E-state index in [-0.39, 0.29) is 18.0 Å². The first-order valence-corrected chi connectivity index (χ1v) is 9.45. The lowest BCUT2D eigenvalue weighted by Gasteiger charge is -2.17. The van der Waals surface area contributed by atoms with Crippen LogP contribution in [0.15, 0.2) is 71.6 Å². The summed E-state index contributed by atoms with van der Waals surface area (Å²) in [5.41, 5.74) is 8.10. The van der Waals surface area contributed by atoms with Gasteiger partial charge in [0.15, 0.2) is 11.4 Å². The summed E-state index contributed by atoms with van der Waals surface area (Å²) in [5.74, 6) is 0.537. The van der Waals surface area contributed by atoms with E-state index in [1.54, 1.807) is 12.1 Å². The largest absolute Gasteiger partial charge is 0.463 e. The maximum Gasteiger partial charge on any atom is 0.329 e. The fraction of sp³-hybridized carbons (Fsp3) is 0.0909. The second-order valence-corrected chi connectivity index (χ2v) is 6.93. The Morgan fingerprint density at radius 2 is 1.93 bits per heavy atom. The number of imidazole rings is 1. The van der Waals surface area contributed by atoms with Gasteiger partial charge in [-0.25, -0.2) is 19.3 Å². The highest BCUT2D eigenvalue weighted by molar-refractivity contribution is 5.93. The molecule has 0 fully saturated rings. The van der Waals surface area contributed by atoms with E-state index in [4.69, 9.17) is 10.2 Å². The number of nitrogens with zero attached hydrogens (tertiary/aromatic N) is 4. The zero-order valence-electron chi connectivity index (χ0n) is 16.1. The number of nitrogens with one attached hydrogen (secondary N) is 1. The summed E-state index contributed by atoms with van der Waals surface area (Å²) in [6.07, 6.45) is 2.95. The fourth-order valence-electron chi connectivity index (χ4n) is 3.61.